The molecule has 1 amide bonds. The average molecular weight is 317 g/mol. The Morgan fingerprint density at radius 2 is 1.74 bits per heavy atom. The first-order valence-electron chi connectivity index (χ1n) is 9.11. The summed E-state index contributed by atoms with van der Waals surface area (Å²) in [7, 11) is 0. The molecular formula is C20H31NO2. The van der Waals surface area contributed by atoms with Gasteiger partial charge in [-0.15, -0.1) is 0 Å². The lowest BCUT2D eigenvalue weighted by atomic mass is 9.86. The van der Waals surface area contributed by atoms with Gasteiger partial charge in [-0.3, -0.25) is 4.79 Å². The lowest BCUT2D eigenvalue weighted by Crippen LogP contribution is -2.28. The Balaban J connectivity index is 1.70. The van der Waals surface area contributed by atoms with Crippen LogP contribution in [0.4, 0.5) is 0 Å². The predicted molar refractivity (Wildman–Crippen MR) is 94.3 cm³/mol. The molecule has 3 heteroatoms. The molecule has 3 nitrogen and oxygen atoms in total. The minimum Gasteiger partial charge on any atom is -0.387 e. The van der Waals surface area contributed by atoms with E-state index in [9.17, 15) is 9.90 Å². The number of amides is 1. The van der Waals surface area contributed by atoms with Crippen LogP contribution in [0, 0.1) is 5.92 Å². The van der Waals surface area contributed by atoms with E-state index in [-0.39, 0.29) is 5.91 Å². The van der Waals surface area contributed by atoms with Crippen LogP contribution >= 0.6 is 0 Å². The summed E-state index contributed by atoms with van der Waals surface area (Å²) in [6.45, 7) is 4.60. The lowest BCUT2D eigenvalue weighted by Gasteiger charge is -2.21. The Kier molecular flexibility index (Phi) is 7.10. The molecule has 0 aromatic heterocycles. The van der Waals surface area contributed by atoms with Crippen LogP contribution in [0.25, 0.3) is 0 Å². The van der Waals surface area contributed by atoms with Crippen LogP contribution in [-0.4, -0.2) is 17.6 Å². The van der Waals surface area contributed by atoms with Crippen LogP contribution in [0.15, 0.2) is 24.3 Å². The van der Waals surface area contributed by atoms with Crippen LogP contribution in [0.3, 0.4) is 0 Å². The van der Waals surface area contributed by atoms with Crippen molar-refractivity contribution in [2.45, 2.75) is 70.8 Å². The zero-order chi connectivity index (χ0) is 16.7. The van der Waals surface area contributed by atoms with Crippen molar-refractivity contribution in [3.63, 3.8) is 0 Å². The van der Waals surface area contributed by atoms with E-state index in [1.54, 1.807) is 0 Å². The fourth-order valence-electron chi connectivity index (χ4n) is 3.33. The number of hydrogen-bond acceptors (Lipinski definition) is 2. The van der Waals surface area contributed by atoms with E-state index in [0.717, 1.165) is 17.9 Å². The maximum Gasteiger partial charge on any atom is 0.220 e. The number of aliphatic hydroxyl groups is 1. The van der Waals surface area contributed by atoms with Gasteiger partial charge in [-0.2, -0.15) is 0 Å². The van der Waals surface area contributed by atoms with Crippen molar-refractivity contribution in [3.8, 4) is 0 Å². The summed E-state index contributed by atoms with van der Waals surface area (Å²) in [4.78, 5) is 11.9. The molecule has 128 valence electrons. The summed E-state index contributed by atoms with van der Waals surface area (Å²) in [6.07, 6.45) is 7.49. The molecule has 0 radical (unpaired) electrons. The second kappa shape index (κ2) is 9.07. The second-order valence-corrected chi connectivity index (χ2v) is 7.18. The first-order chi connectivity index (χ1) is 11.1. The third-order valence-electron chi connectivity index (χ3n) is 4.98. The van der Waals surface area contributed by atoms with Gasteiger partial charge in [0.25, 0.3) is 0 Å². The SMILES string of the molecule is CC(C)c1ccc(C(O)CNC(=O)CCC2CCCCC2)cc1. The van der Waals surface area contributed by atoms with E-state index in [4.69, 9.17) is 0 Å². The van der Waals surface area contributed by atoms with Gasteiger partial charge in [-0.1, -0.05) is 70.2 Å². The summed E-state index contributed by atoms with van der Waals surface area (Å²) in [6, 6.07) is 8.00. The Labute approximate surface area is 140 Å². The second-order valence-electron chi connectivity index (χ2n) is 7.18. The molecule has 23 heavy (non-hydrogen) atoms. The standard InChI is InChI=1S/C20H31NO2/c1-15(2)17-9-11-18(12-10-17)19(22)14-21-20(23)13-8-16-6-4-3-5-7-16/h9-12,15-16,19,22H,3-8,13-14H2,1-2H3,(H,21,23). The van der Waals surface area contributed by atoms with Gasteiger partial charge < -0.3 is 10.4 Å². The van der Waals surface area contributed by atoms with Crippen molar-refractivity contribution < 1.29 is 9.90 Å². The summed E-state index contributed by atoms with van der Waals surface area (Å²) in [5.41, 5.74) is 2.12. The molecule has 0 aliphatic heterocycles. The van der Waals surface area contributed by atoms with Crippen LogP contribution in [-0.2, 0) is 4.79 Å². The third kappa shape index (κ3) is 5.98. The number of benzene rings is 1. The number of carbonyl (C=O) groups excluding carboxylic acids is 1. The highest BCUT2D eigenvalue weighted by atomic mass is 16.3. The van der Waals surface area contributed by atoms with Gasteiger partial charge in [0.2, 0.25) is 5.91 Å². The molecule has 0 bridgehead atoms. The summed E-state index contributed by atoms with van der Waals surface area (Å²) >= 11 is 0. The monoisotopic (exact) mass is 317 g/mol. The zero-order valence-electron chi connectivity index (χ0n) is 14.6. The molecule has 1 aromatic rings. The molecule has 0 heterocycles. The Morgan fingerprint density at radius 1 is 1.13 bits per heavy atom. The van der Waals surface area contributed by atoms with E-state index in [1.165, 1.54) is 37.7 Å². The van der Waals surface area contributed by atoms with Gasteiger partial charge in [0.15, 0.2) is 0 Å². The van der Waals surface area contributed by atoms with Gasteiger partial charge in [0.05, 0.1) is 6.10 Å². The summed E-state index contributed by atoms with van der Waals surface area (Å²) < 4.78 is 0. The van der Waals surface area contributed by atoms with Crippen LogP contribution in [0.2, 0.25) is 0 Å². The quantitative estimate of drug-likeness (QED) is 0.787. The van der Waals surface area contributed by atoms with E-state index >= 15 is 0 Å². The first-order valence-corrected chi connectivity index (χ1v) is 9.11. The zero-order valence-corrected chi connectivity index (χ0v) is 14.6. The maximum atomic E-state index is 11.9. The molecule has 0 saturated heterocycles. The molecular weight excluding hydrogens is 286 g/mol. The third-order valence-corrected chi connectivity index (χ3v) is 4.98. The van der Waals surface area contributed by atoms with Crippen LogP contribution in [0.5, 0.6) is 0 Å². The fraction of sp³-hybridized carbons (Fsp3) is 0.650. The smallest absolute Gasteiger partial charge is 0.220 e. The number of rotatable bonds is 7. The minimum absolute atomic E-state index is 0.0634. The maximum absolute atomic E-state index is 11.9. The molecule has 1 aliphatic carbocycles. The highest BCUT2D eigenvalue weighted by Crippen LogP contribution is 2.27. The van der Waals surface area contributed by atoms with Crippen LogP contribution in [0.1, 0.15) is 81.9 Å². The Hall–Kier alpha value is -1.35. The van der Waals surface area contributed by atoms with Crippen molar-refractivity contribution in [2.24, 2.45) is 5.92 Å². The average Bonchev–Trinajstić information content (AvgIpc) is 2.58. The van der Waals surface area contributed by atoms with Crippen molar-refractivity contribution in [2.75, 3.05) is 6.54 Å². The van der Waals surface area contributed by atoms with E-state index in [0.29, 0.717) is 18.9 Å². The first kappa shape index (κ1) is 18.0. The van der Waals surface area contributed by atoms with Crippen molar-refractivity contribution in [1.82, 2.24) is 5.32 Å². The van der Waals surface area contributed by atoms with Gasteiger partial charge in [-0.25, -0.2) is 0 Å². The Bertz CT molecular complexity index is 475. The highest BCUT2D eigenvalue weighted by molar-refractivity contribution is 5.75. The topological polar surface area (TPSA) is 49.3 Å². The van der Waals surface area contributed by atoms with Crippen molar-refractivity contribution in [3.05, 3.63) is 35.4 Å². The molecule has 0 spiro atoms. The van der Waals surface area contributed by atoms with E-state index in [2.05, 4.69) is 19.2 Å². The number of carbonyl (C=O) groups is 1. The highest BCUT2D eigenvalue weighted by Gasteiger charge is 2.15. The largest absolute Gasteiger partial charge is 0.387 e. The molecule has 1 saturated carbocycles. The molecule has 1 aliphatic rings. The van der Waals surface area contributed by atoms with Crippen molar-refractivity contribution >= 4 is 5.91 Å². The predicted octanol–water partition coefficient (Wildman–Crippen LogP) is 4.32. The number of aliphatic hydroxyl groups excluding tert-OH is 1. The van der Waals surface area contributed by atoms with E-state index in [1.807, 2.05) is 24.3 Å². The molecule has 1 aromatic carbocycles. The molecule has 2 rings (SSSR count). The van der Waals surface area contributed by atoms with Gasteiger partial charge in [0, 0.05) is 13.0 Å². The van der Waals surface area contributed by atoms with Crippen molar-refractivity contribution in [1.29, 1.82) is 0 Å². The molecule has 1 unspecified atom stereocenters. The van der Waals surface area contributed by atoms with Gasteiger partial charge in [-0.05, 0) is 29.4 Å². The summed E-state index contributed by atoms with van der Waals surface area (Å²) in [5, 5.41) is 13.1. The summed E-state index contributed by atoms with van der Waals surface area (Å²) in [5.74, 6) is 1.28. The van der Waals surface area contributed by atoms with Gasteiger partial charge in [0.1, 0.15) is 0 Å². The van der Waals surface area contributed by atoms with E-state index < -0.39 is 6.10 Å². The number of nitrogens with one attached hydrogen (secondary N) is 1. The van der Waals surface area contributed by atoms with Gasteiger partial charge >= 0.3 is 0 Å². The minimum atomic E-state index is -0.630. The molecule has 1 fully saturated rings. The Morgan fingerprint density at radius 3 is 2.35 bits per heavy atom. The molecule has 2 N–H and O–H groups in total. The lowest BCUT2D eigenvalue weighted by molar-refractivity contribution is -0.121. The number of hydrogen-bond donors (Lipinski definition) is 2. The fourth-order valence-corrected chi connectivity index (χ4v) is 3.33. The molecule has 1 atom stereocenters. The normalized spacial score (nSPS) is 17.2. The van der Waals surface area contributed by atoms with Crippen LogP contribution < -0.4 is 5.32 Å².